The Hall–Kier alpha value is -4.65. The van der Waals surface area contributed by atoms with Crippen LogP contribution in [0.2, 0.25) is 0 Å². The molecule has 6 aromatic rings. The van der Waals surface area contributed by atoms with E-state index in [2.05, 4.69) is 72.8 Å². The van der Waals surface area contributed by atoms with Crippen LogP contribution in [-0.4, -0.2) is 67.1 Å². The summed E-state index contributed by atoms with van der Waals surface area (Å²) in [4.78, 5) is 0. The van der Waals surface area contributed by atoms with Crippen LogP contribution in [0.25, 0.3) is 0 Å². The minimum absolute atomic E-state index is 0.0508. The zero-order chi connectivity index (χ0) is 42.7. The lowest BCUT2D eigenvalue weighted by Gasteiger charge is -2.46. The lowest BCUT2D eigenvalue weighted by molar-refractivity contribution is -0.329. The zero-order valence-corrected chi connectivity index (χ0v) is 36.5. The van der Waals surface area contributed by atoms with Gasteiger partial charge in [0.25, 0.3) is 0 Å². The SMILES string of the molecule is c1ccc(COC[C@H]2O[C@@H](OC[C@@H]3SCC[C@@H](OCc4ccccc4)[C@@H]3OCc3ccccc3)[C@H](OCc3ccccc3)[C@@H](OCc3ccccc3)[C@@H]2OCc2ccccc2)cc1. The van der Waals surface area contributed by atoms with E-state index in [1.807, 2.05) is 121 Å². The molecule has 0 saturated carbocycles. The van der Waals surface area contributed by atoms with E-state index in [0.29, 0.717) is 46.2 Å². The van der Waals surface area contributed by atoms with Gasteiger partial charge in [0.15, 0.2) is 6.29 Å². The third-order valence-electron chi connectivity index (χ3n) is 11.3. The Morgan fingerprint density at radius 1 is 0.381 bits per heavy atom. The normalized spacial score (nSPS) is 23.6. The van der Waals surface area contributed by atoms with Crippen LogP contribution < -0.4 is 0 Å². The van der Waals surface area contributed by atoms with Crippen molar-refractivity contribution in [2.75, 3.05) is 19.0 Å². The lowest BCUT2D eigenvalue weighted by atomic mass is 9.97. The average Bonchev–Trinajstić information content (AvgIpc) is 3.35. The molecule has 2 aliphatic rings. The third-order valence-corrected chi connectivity index (χ3v) is 12.6. The Morgan fingerprint density at radius 3 is 1.22 bits per heavy atom. The molecule has 0 unspecified atom stereocenters. The van der Waals surface area contributed by atoms with Gasteiger partial charge >= 0.3 is 0 Å². The van der Waals surface area contributed by atoms with Crippen molar-refractivity contribution in [3.8, 4) is 0 Å². The van der Waals surface area contributed by atoms with Gasteiger partial charge in [-0.3, -0.25) is 0 Å². The van der Waals surface area contributed by atoms with E-state index < -0.39 is 30.7 Å². The summed E-state index contributed by atoms with van der Waals surface area (Å²) in [6, 6.07) is 61.3. The first-order valence-corrected chi connectivity index (χ1v) is 23.1. The smallest absolute Gasteiger partial charge is 0.186 e. The summed E-state index contributed by atoms with van der Waals surface area (Å²) in [5.74, 6) is 0.909. The van der Waals surface area contributed by atoms with Crippen LogP contribution in [-0.2, 0) is 77.5 Å². The lowest BCUT2D eigenvalue weighted by Crippen LogP contribution is -2.62. The molecule has 0 spiro atoms. The molecule has 2 aliphatic heterocycles. The first-order valence-electron chi connectivity index (χ1n) is 22.0. The fraction of sp³-hybridized carbons (Fsp3) is 0.333. The highest BCUT2D eigenvalue weighted by atomic mass is 32.2. The van der Waals surface area contributed by atoms with Crippen molar-refractivity contribution in [3.63, 3.8) is 0 Å². The number of benzene rings is 6. The highest BCUT2D eigenvalue weighted by molar-refractivity contribution is 8.00. The molecule has 2 fully saturated rings. The summed E-state index contributed by atoms with van der Waals surface area (Å²) < 4.78 is 54.7. The zero-order valence-electron chi connectivity index (χ0n) is 35.7. The van der Waals surface area contributed by atoms with Crippen molar-refractivity contribution in [1.29, 1.82) is 0 Å². The molecule has 0 aromatic heterocycles. The van der Waals surface area contributed by atoms with Crippen molar-refractivity contribution in [2.45, 2.75) is 94.2 Å². The molecular weight excluding hydrogens is 809 g/mol. The molecule has 0 N–H and O–H groups in total. The fourth-order valence-corrected chi connectivity index (χ4v) is 9.27. The van der Waals surface area contributed by atoms with E-state index >= 15 is 0 Å². The molecule has 0 amide bonds. The Balaban J connectivity index is 1.07. The van der Waals surface area contributed by atoms with Gasteiger partial charge in [-0.15, -0.1) is 0 Å². The number of rotatable bonds is 22. The van der Waals surface area contributed by atoms with Gasteiger partial charge in [0, 0.05) is 0 Å². The molecule has 2 saturated heterocycles. The Morgan fingerprint density at radius 2 is 0.762 bits per heavy atom. The van der Waals surface area contributed by atoms with E-state index in [-0.39, 0.29) is 24.1 Å². The second-order valence-electron chi connectivity index (χ2n) is 16.0. The largest absolute Gasteiger partial charge is 0.374 e. The average molecular weight is 867 g/mol. The molecule has 6 aromatic carbocycles. The van der Waals surface area contributed by atoms with Gasteiger partial charge in [-0.05, 0) is 45.6 Å². The fourth-order valence-electron chi connectivity index (χ4n) is 7.98. The molecule has 8 rings (SSSR count). The molecule has 8 atom stereocenters. The van der Waals surface area contributed by atoms with Gasteiger partial charge in [0.1, 0.15) is 24.4 Å². The van der Waals surface area contributed by atoms with Crippen LogP contribution in [0.1, 0.15) is 39.8 Å². The van der Waals surface area contributed by atoms with Gasteiger partial charge in [-0.25, -0.2) is 0 Å². The van der Waals surface area contributed by atoms with E-state index in [9.17, 15) is 0 Å². The maximum atomic E-state index is 7.04. The maximum absolute atomic E-state index is 7.04. The third kappa shape index (κ3) is 13.7. The molecule has 8 nitrogen and oxygen atoms in total. The second-order valence-corrected chi connectivity index (χ2v) is 17.3. The number of thioether (sulfide) groups is 1. The molecule has 9 heteroatoms. The van der Waals surface area contributed by atoms with Crippen LogP contribution in [0, 0.1) is 0 Å². The topological polar surface area (TPSA) is 73.8 Å². The van der Waals surface area contributed by atoms with Crippen molar-refractivity contribution >= 4 is 11.8 Å². The molecule has 0 radical (unpaired) electrons. The summed E-state index contributed by atoms with van der Waals surface area (Å²) in [6.45, 7) is 3.02. The van der Waals surface area contributed by atoms with E-state index in [1.165, 1.54) is 0 Å². The highest BCUT2D eigenvalue weighted by Gasteiger charge is 2.50. The van der Waals surface area contributed by atoms with E-state index in [4.69, 9.17) is 37.9 Å². The van der Waals surface area contributed by atoms with Crippen LogP contribution in [0.4, 0.5) is 0 Å². The van der Waals surface area contributed by atoms with Crippen LogP contribution >= 0.6 is 11.8 Å². The minimum atomic E-state index is -0.822. The quantitative estimate of drug-likeness (QED) is 0.0663. The first-order chi connectivity index (χ1) is 31.2. The molecule has 2 heterocycles. The number of hydrogen-bond donors (Lipinski definition) is 0. The molecular formula is C54H58O8S. The Bertz CT molecular complexity index is 2130. The minimum Gasteiger partial charge on any atom is -0.374 e. The van der Waals surface area contributed by atoms with Crippen molar-refractivity contribution in [3.05, 3.63) is 215 Å². The van der Waals surface area contributed by atoms with Crippen LogP contribution in [0.3, 0.4) is 0 Å². The summed E-state index contributed by atoms with van der Waals surface area (Å²) in [5.41, 5.74) is 6.43. The van der Waals surface area contributed by atoms with Gasteiger partial charge in [-0.1, -0.05) is 182 Å². The standard InChI is InChI=1S/C54H58O8S/c1-7-19-41(20-8-1)33-55-39-48-51(58-36-44-25-13-4-14-26-44)52(59-37-45-27-15-5-16-28-45)53(60-38-46-29-17-6-18-30-46)54(62-48)61-40-49-50(57-35-43-23-11-3-12-24-43)47(31-32-63-49)56-34-42-21-9-2-10-22-42/h1-30,47-54H,31-40H2/t47-,48-,49+,50+,51-,52+,53-,54-/m1/s1. The highest BCUT2D eigenvalue weighted by Crippen LogP contribution is 2.35. The van der Waals surface area contributed by atoms with Gasteiger partial charge in [-0.2, -0.15) is 11.8 Å². The van der Waals surface area contributed by atoms with E-state index in [0.717, 1.165) is 45.6 Å². The predicted octanol–water partition coefficient (Wildman–Crippen LogP) is 10.4. The van der Waals surface area contributed by atoms with Gasteiger partial charge < -0.3 is 37.9 Å². The Labute approximate surface area is 376 Å². The summed E-state index contributed by atoms with van der Waals surface area (Å²) in [6.07, 6.45) is -2.69. The number of hydrogen-bond acceptors (Lipinski definition) is 9. The summed E-state index contributed by atoms with van der Waals surface area (Å²) in [7, 11) is 0. The van der Waals surface area contributed by atoms with Crippen molar-refractivity contribution < 1.29 is 37.9 Å². The molecule has 0 aliphatic carbocycles. The molecule has 63 heavy (non-hydrogen) atoms. The second kappa shape index (κ2) is 24.4. The van der Waals surface area contributed by atoms with Crippen molar-refractivity contribution in [2.24, 2.45) is 0 Å². The van der Waals surface area contributed by atoms with Gasteiger partial charge in [0.2, 0.25) is 0 Å². The Kier molecular flexibility index (Phi) is 17.4. The van der Waals surface area contributed by atoms with Crippen molar-refractivity contribution in [1.82, 2.24) is 0 Å². The summed E-state index contributed by atoms with van der Waals surface area (Å²) in [5, 5.41) is -0.0508. The van der Waals surface area contributed by atoms with E-state index in [1.54, 1.807) is 0 Å². The predicted molar refractivity (Wildman–Crippen MR) is 247 cm³/mol. The monoisotopic (exact) mass is 866 g/mol. The maximum Gasteiger partial charge on any atom is 0.186 e. The van der Waals surface area contributed by atoms with Crippen LogP contribution in [0.15, 0.2) is 182 Å². The molecule has 0 bridgehead atoms. The van der Waals surface area contributed by atoms with Crippen LogP contribution in [0.5, 0.6) is 0 Å². The summed E-state index contributed by atoms with van der Waals surface area (Å²) >= 11 is 1.85. The van der Waals surface area contributed by atoms with Gasteiger partial charge in [0.05, 0.1) is 70.3 Å². The molecule has 328 valence electrons. The first kappa shape index (κ1) is 44.9. The number of ether oxygens (including phenoxy) is 8.